The molecule has 116 valence electrons. The van der Waals surface area contributed by atoms with Crippen molar-refractivity contribution in [2.24, 2.45) is 5.10 Å². The van der Waals surface area contributed by atoms with Crippen LogP contribution in [0.2, 0.25) is 0 Å². The Labute approximate surface area is 128 Å². The van der Waals surface area contributed by atoms with Crippen molar-refractivity contribution in [3.05, 3.63) is 53.1 Å². The molecule has 1 heterocycles. The van der Waals surface area contributed by atoms with Crippen LogP contribution in [0.4, 0.5) is 13.2 Å². The van der Waals surface area contributed by atoms with Gasteiger partial charge in [0.05, 0.1) is 6.21 Å². The molecule has 0 saturated heterocycles. The zero-order chi connectivity index (χ0) is 16.2. The average molecular weight is 328 g/mol. The molecule has 0 aliphatic carbocycles. The summed E-state index contributed by atoms with van der Waals surface area (Å²) in [5.74, 6) is -0.663. The lowest BCUT2D eigenvalue weighted by atomic mass is 10.2. The van der Waals surface area contributed by atoms with Crippen molar-refractivity contribution in [3.63, 3.8) is 0 Å². The molecular formula is C13H11F3N4OS. The van der Waals surface area contributed by atoms with Crippen LogP contribution in [0.3, 0.4) is 0 Å². The number of hydrogen-bond acceptors (Lipinski definition) is 4. The largest absolute Gasteiger partial charge is 0.490 e. The van der Waals surface area contributed by atoms with Crippen molar-refractivity contribution in [1.82, 2.24) is 14.9 Å². The third-order valence-corrected chi connectivity index (χ3v) is 2.72. The zero-order valence-electron chi connectivity index (χ0n) is 11.2. The van der Waals surface area contributed by atoms with Crippen molar-refractivity contribution < 1.29 is 17.9 Å². The van der Waals surface area contributed by atoms with Gasteiger partial charge in [-0.05, 0) is 29.9 Å². The second-order valence-corrected chi connectivity index (χ2v) is 4.47. The van der Waals surface area contributed by atoms with E-state index in [0.717, 1.165) is 0 Å². The second kappa shape index (κ2) is 6.56. The van der Waals surface area contributed by atoms with Gasteiger partial charge in [-0.1, -0.05) is 24.8 Å². The molecular weight excluding hydrogens is 317 g/mol. The van der Waals surface area contributed by atoms with Crippen LogP contribution in [0, 0.1) is 4.77 Å². The number of H-pyrrole nitrogens is 1. The van der Waals surface area contributed by atoms with E-state index in [1.807, 2.05) is 0 Å². The van der Waals surface area contributed by atoms with Gasteiger partial charge >= 0.3 is 6.18 Å². The number of nitrogens with zero attached hydrogens (tertiary/aromatic N) is 3. The highest BCUT2D eigenvalue weighted by Crippen LogP contribution is 2.27. The fourth-order valence-electron chi connectivity index (χ4n) is 1.55. The lowest BCUT2D eigenvalue weighted by Gasteiger charge is -2.05. The highest BCUT2D eigenvalue weighted by Gasteiger charge is 2.37. The van der Waals surface area contributed by atoms with Crippen LogP contribution in [0.15, 0.2) is 42.0 Å². The molecule has 22 heavy (non-hydrogen) atoms. The van der Waals surface area contributed by atoms with Crippen molar-refractivity contribution in [1.29, 1.82) is 0 Å². The van der Waals surface area contributed by atoms with Crippen LogP contribution >= 0.6 is 12.2 Å². The third kappa shape index (κ3) is 3.82. The van der Waals surface area contributed by atoms with Gasteiger partial charge in [0.15, 0.2) is 0 Å². The minimum atomic E-state index is -4.65. The Morgan fingerprint density at radius 1 is 1.45 bits per heavy atom. The molecule has 1 aromatic carbocycles. The molecule has 0 amide bonds. The predicted octanol–water partition coefficient (Wildman–Crippen LogP) is 3.41. The van der Waals surface area contributed by atoms with E-state index in [1.165, 1.54) is 6.21 Å². The fourth-order valence-corrected chi connectivity index (χ4v) is 1.73. The van der Waals surface area contributed by atoms with Crippen molar-refractivity contribution in [2.45, 2.75) is 6.18 Å². The van der Waals surface area contributed by atoms with Gasteiger partial charge in [0.2, 0.25) is 4.77 Å². The molecule has 0 aliphatic heterocycles. The van der Waals surface area contributed by atoms with Crippen molar-refractivity contribution >= 4 is 18.4 Å². The maximum absolute atomic E-state index is 12.7. The van der Waals surface area contributed by atoms with Gasteiger partial charge in [-0.15, -0.1) is 5.10 Å². The van der Waals surface area contributed by atoms with Gasteiger partial charge in [0.1, 0.15) is 12.4 Å². The molecule has 0 atom stereocenters. The molecule has 5 nitrogen and oxygen atoms in total. The molecule has 0 saturated carbocycles. The van der Waals surface area contributed by atoms with Crippen LogP contribution < -0.4 is 4.74 Å². The molecule has 1 aromatic heterocycles. The van der Waals surface area contributed by atoms with Gasteiger partial charge < -0.3 is 4.74 Å². The molecule has 0 radical (unpaired) electrons. The minimum Gasteiger partial charge on any atom is -0.490 e. The maximum atomic E-state index is 12.7. The fraction of sp³-hybridized carbons (Fsp3) is 0.154. The number of aromatic nitrogens is 3. The van der Waals surface area contributed by atoms with Crippen LogP contribution in [0.25, 0.3) is 0 Å². The summed E-state index contributed by atoms with van der Waals surface area (Å²) in [6, 6.07) is 6.70. The summed E-state index contributed by atoms with van der Waals surface area (Å²) in [4.78, 5) is 0. The number of rotatable bonds is 5. The van der Waals surface area contributed by atoms with E-state index in [1.54, 1.807) is 30.3 Å². The normalized spacial score (nSPS) is 11.8. The average Bonchev–Trinajstić information content (AvgIpc) is 2.84. The molecule has 0 aliphatic rings. The second-order valence-electron chi connectivity index (χ2n) is 4.08. The van der Waals surface area contributed by atoms with E-state index in [9.17, 15) is 13.2 Å². The Morgan fingerprint density at radius 2 is 2.23 bits per heavy atom. The number of aromatic amines is 1. The lowest BCUT2D eigenvalue weighted by molar-refractivity contribution is -0.147. The maximum Gasteiger partial charge on any atom is 0.453 e. The number of hydrogen-bond donors (Lipinski definition) is 1. The predicted molar refractivity (Wildman–Crippen MR) is 77.5 cm³/mol. The van der Waals surface area contributed by atoms with Crippen molar-refractivity contribution in [2.75, 3.05) is 6.61 Å². The molecule has 0 bridgehead atoms. The molecule has 2 aromatic rings. The first-order chi connectivity index (χ1) is 10.4. The number of ether oxygens (including phenoxy) is 1. The highest BCUT2D eigenvalue weighted by molar-refractivity contribution is 7.71. The van der Waals surface area contributed by atoms with Gasteiger partial charge in [0, 0.05) is 0 Å². The Morgan fingerprint density at radius 3 is 2.91 bits per heavy atom. The molecule has 0 fully saturated rings. The molecule has 2 rings (SSSR count). The summed E-state index contributed by atoms with van der Waals surface area (Å²) < 4.78 is 43.8. The number of alkyl halides is 3. The Kier molecular flexibility index (Phi) is 4.76. The number of benzene rings is 1. The molecule has 0 spiro atoms. The van der Waals surface area contributed by atoms with E-state index in [-0.39, 0.29) is 4.77 Å². The van der Waals surface area contributed by atoms with Gasteiger partial charge in [-0.2, -0.15) is 22.9 Å². The summed E-state index contributed by atoms with van der Waals surface area (Å²) >= 11 is 4.74. The summed E-state index contributed by atoms with van der Waals surface area (Å²) in [5, 5.41) is 8.92. The number of nitrogens with one attached hydrogen (secondary N) is 1. The monoisotopic (exact) mass is 328 g/mol. The lowest BCUT2D eigenvalue weighted by Crippen LogP contribution is -2.12. The van der Waals surface area contributed by atoms with Gasteiger partial charge in [-0.25, -0.2) is 5.10 Å². The first-order valence-electron chi connectivity index (χ1n) is 6.04. The first-order valence-corrected chi connectivity index (χ1v) is 6.45. The minimum absolute atomic E-state index is 0.248. The van der Waals surface area contributed by atoms with Crippen LogP contribution in [-0.4, -0.2) is 27.7 Å². The smallest absolute Gasteiger partial charge is 0.453 e. The number of halogens is 3. The van der Waals surface area contributed by atoms with E-state index >= 15 is 0 Å². The standard InChI is InChI=1S/C13H11F3N4OS/c1-2-6-21-10-5-3-4-9(7-10)8-17-20-11(13(14,15)16)18-19-12(20)22/h2-5,7-8H,1,6H2,(H,19,22)/b17-8-. The van der Waals surface area contributed by atoms with Crippen LogP contribution in [0.5, 0.6) is 5.75 Å². The topological polar surface area (TPSA) is 55.2 Å². The van der Waals surface area contributed by atoms with Crippen molar-refractivity contribution in [3.8, 4) is 5.75 Å². The summed E-state index contributed by atoms with van der Waals surface area (Å²) in [5.41, 5.74) is 0.554. The van der Waals surface area contributed by atoms with Gasteiger partial charge in [0.25, 0.3) is 5.82 Å². The molecule has 0 unspecified atom stereocenters. The first kappa shape index (κ1) is 16.0. The van der Waals surface area contributed by atoms with Crippen LogP contribution in [-0.2, 0) is 6.18 Å². The molecule has 1 N–H and O–H groups in total. The van der Waals surface area contributed by atoms with E-state index in [4.69, 9.17) is 17.0 Å². The summed E-state index contributed by atoms with van der Waals surface area (Å²) in [6.45, 7) is 3.85. The quantitative estimate of drug-likeness (QED) is 0.520. The van der Waals surface area contributed by atoms with E-state index in [2.05, 4.69) is 21.9 Å². The Hall–Kier alpha value is -2.42. The summed E-state index contributed by atoms with van der Waals surface area (Å²) in [7, 11) is 0. The Balaban J connectivity index is 2.28. The highest BCUT2D eigenvalue weighted by atomic mass is 32.1. The third-order valence-electron chi connectivity index (χ3n) is 2.45. The van der Waals surface area contributed by atoms with Gasteiger partial charge in [-0.3, -0.25) is 0 Å². The Bertz CT molecular complexity index is 748. The zero-order valence-corrected chi connectivity index (χ0v) is 12.0. The molecule has 9 heteroatoms. The SMILES string of the molecule is C=CCOc1cccc(/C=N\n2c(C(F)(F)F)n[nH]c2=S)c1. The van der Waals surface area contributed by atoms with Crippen LogP contribution in [0.1, 0.15) is 11.4 Å². The van der Waals surface area contributed by atoms with E-state index < -0.39 is 12.0 Å². The summed E-state index contributed by atoms with van der Waals surface area (Å²) in [6.07, 6.45) is -1.83. The van der Waals surface area contributed by atoms with E-state index in [0.29, 0.717) is 22.6 Å².